The maximum Gasteiger partial charge on any atom is 0.241 e. The van der Waals surface area contributed by atoms with Gasteiger partial charge >= 0.3 is 0 Å². The fraction of sp³-hybridized carbons (Fsp3) is 0.381. The van der Waals surface area contributed by atoms with Gasteiger partial charge in [0.1, 0.15) is 5.82 Å². The van der Waals surface area contributed by atoms with Crippen LogP contribution in [0.4, 0.5) is 5.69 Å². The maximum absolute atomic E-state index is 12.7. The van der Waals surface area contributed by atoms with E-state index in [1.165, 1.54) is 0 Å². The van der Waals surface area contributed by atoms with E-state index in [0.29, 0.717) is 17.4 Å². The van der Waals surface area contributed by atoms with E-state index in [2.05, 4.69) is 24.8 Å². The van der Waals surface area contributed by atoms with E-state index in [1.807, 2.05) is 43.5 Å². The summed E-state index contributed by atoms with van der Waals surface area (Å²) < 4.78 is 12.8. The maximum atomic E-state index is 12.7. The highest BCUT2D eigenvalue weighted by atomic mass is 16.7. The predicted octanol–water partition coefficient (Wildman–Crippen LogP) is 2.66. The minimum Gasteiger partial charge on any atom is -0.454 e. The standard InChI is InChI=1S/C21H23N5O3/c1-14(21(27)22-16-5-6-17-18(12-16)29-13-28-17)25-10-7-15(8-11-25)20-24-23-19-4-2-3-9-26(19)20/h2-6,9,12,14-15H,7-8,10-11,13H2,1H3,(H,22,27)/t14-/m0/s1. The summed E-state index contributed by atoms with van der Waals surface area (Å²) in [5, 5.41) is 11.7. The lowest BCUT2D eigenvalue weighted by Crippen LogP contribution is -2.45. The van der Waals surface area contributed by atoms with E-state index in [1.54, 1.807) is 6.07 Å². The van der Waals surface area contributed by atoms with E-state index >= 15 is 0 Å². The second-order valence-electron chi connectivity index (χ2n) is 7.53. The number of rotatable bonds is 4. The molecule has 1 amide bonds. The van der Waals surface area contributed by atoms with Gasteiger partial charge in [0.2, 0.25) is 12.7 Å². The molecule has 1 atom stereocenters. The summed E-state index contributed by atoms with van der Waals surface area (Å²) in [4.78, 5) is 15.0. The van der Waals surface area contributed by atoms with Crippen molar-refractivity contribution >= 4 is 17.2 Å². The molecule has 1 fully saturated rings. The molecular formula is C21H23N5O3. The zero-order valence-corrected chi connectivity index (χ0v) is 16.2. The SMILES string of the molecule is C[C@@H](C(=O)Nc1ccc2c(c1)OCO2)N1CCC(c2nnc3ccccn23)CC1. The van der Waals surface area contributed by atoms with Crippen LogP contribution in [-0.2, 0) is 4.79 Å². The first-order valence-electron chi connectivity index (χ1n) is 9.93. The summed E-state index contributed by atoms with van der Waals surface area (Å²) in [5.41, 5.74) is 1.59. The highest BCUT2D eigenvalue weighted by Gasteiger charge is 2.29. The molecule has 5 rings (SSSR count). The molecule has 2 aliphatic heterocycles. The number of benzene rings is 1. The first-order chi connectivity index (χ1) is 14.2. The smallest absolute Gasteiger partial charge is 0.241 e. The van der Waals surface area contributed by atoms with Crippen molar-refractivity contribution in [3.63, 3.8) is 0 Å². The average Bonchev–Trinajstić information content (AvgIpc) is 3.40. The lowest BCUT2D eigenvalue weighted by atomic mass is 9.95. The molecule has 29 heavy (non-hydrogen) atoms. The van der Waals surface area contributed by atoms with Gasteiger partial charge in [-0.2, -0.15) is 0 Å². The second kappa shape index (κ2) is 7.36. The Morgan fingerprint density at radius 1 is 1.14 bits per heavy atom. The minimum absolute atomic E-state index is 0.0183. The van der Waals surface area contributed by atoms with Gasteiger partial charge in [-0.05, 0) is 57.1 Å². The van der Waals surface area contributed by atoms with Crippen LogP contribution in [0, 0.1) is 0 Å². The molecule has 0 unspecified atom stereocenters. The number of carbonyl (C=O) groups excluding carboxylic acids is 1. The normalized spacial score (nSPS) is 18.1. The number of likely N-dealkylation sites (tertiary alicyclic amines) is 1. The van der Waals surface area contributed by atoms with Crippen molar-refractivity contribution in [3.05, 3.63) is 48.4 Å². The van der Waals surface area contributed by atoms with Crippen LogP contribution in [-0.4, -0.2) is 51.3 Å². The number of nitrogens with one attached hydrogen (secondary N) is 1. The summed E-state index contributed by atoms with van der Waals surface area (Å²) in [5.74, 6) is 2.72. The molecule has 8 nitrogen and oxygen atoms in total. The molecule has 2 aromatic heterocycles. The molecule has 0 spiro atoms. The molecule has 1 N–H and O–H groups in total. The van der Waals surface area contributed by atoms with Gasteiger partial charge in [0, 0.05) is 23.9 Å². The zero-order chi connectivity index (χ0) is 19.8. The van der Waals surface area contributed by atoms with Crippen LogP contribution in [0.1, 0.15) is 31.5 Å². The number of piperidine rings is 1. The molecule has 0 saturated carbocycles. The number of hydrogen-bond donors (Lipinski definition) is 1. The van der Waals surface area contributed by atoms with E-state index < -0.39 is 0 Å². The molecule has 4 heterocycles. The Kier molecular flexibility index (Phi) is 4.55. The molecule has 150 valence electrons. The van der Waals surface area contributed by atoms with Crippen LogP contribution in [0.5, 0.6) is 11.5 Å². The van der Waals surface area contributed by atoms with Crippen LogP contribution in [0.15, 0.2) is 42.6 Å². The van der Waals surface area contributed by atoms with Crippen LogP contribution in [0.2, 0.25) is 0 Å². The fourth-order valence-electron chi connectivity index (χ4n) is 4.07. The number of ether oxygens (including phenoxy) is 2. The number of nitrogens with zero attached hydrogens (tertiary/aromatic N) is 4. The molecular weight excluding hydrogens is 370 g/mol. The molecule has 0 aliphatic carbocycles. The minimum atomic E-state index is -0.212. The Hall–Kier alpha value is -3.13. The fourth-order valence-corrected chi connectivity index (χ4v) is 4.07. The quantitative estimate of drug-likeness (QED) is 0.734. The Bertz CT molecular complexity index is 1040. The zero-order valence-electron chi connectivity index (χ0n) is 16.2. The van der Waals surface area contributed by atoms with Crippen molar-refractivity contribution in [2.45, 2.75) is 31.7 Å². The van der Waals surface area contributed by atoms with Gasteiger partial charge in [0.25, 0.3) is 0 Å². The number of fused-ring (bicyclic) bond motifs is 2. The van der Waals surface area contributed by atoms with Gasteiger partial charge in [-0.3, -0.25) is 14.1 Å². The molecule has 8 heteroatoms. The second-order valence-corrected chi connectivity index (χ2v) is 7.53. The summed E-state index contributed by atoms with van der Waals surface area (Å²) in [6.45, 7) is 3.87. The molecule has 0 radical (unpaired) electrons. The van der Waals surface area contributed by atoms with Crippen molar-refractivity contribution in [2.24, 2.45) is 0 Å². The topological polar surface area (TPSA) is 81.0 Å². The van der Waals surface area contributed by atoms with E-state index in [0.717, 1.165) is 43.1 Å². The monoisotopic (exact) mass is 393 g/mol. The lowest BCUT2D eigenvalue weighted by Gasteiger charge is -2.34. The van der Waals surface area contributed by atoms with Crippen LogP contribution in [0.3, 0.4) is 0 Å². The lowest BCUT2D eigenvalue weighted by molar-refractivity contribution is -0.121. The summed E-state index contributed by atoms with van der Waals surface area (Å²) in [7, 11) is 0. The van der Waals surface area contributed by atoms with Crippen LogP contribution < -0.4 is 14.8 Å². The largest absolute Gasteiger partial charge is 0.454 e. The number of pyridine rings is 1. The predicted molar refractivity (Wildman–Crippen MR) is 107 cm³/mol. The van der Waals surface area contributed by atoms with Crippen molar-refractivity contribution in [2.75, 3.05) is 25.2 Å². The van der Waals surface area contributed by atoms with Gasteiger partial charge < -0.3 is 14.8 Å². The average molecular weight is 393 g/mol. The van der Waals surface area contributed by atoms with Crippen molar-refractivity contribution < 1.29 is 14.3 Å². The molecule has 0 bridgehead atoms. The number of carbonyl (C=O) groups is 1. The third-order valence-electron chi connectivity index (χ3n) is 5.80. The van der Waals surface area contributed by atoms with Crippen LogP contribution >= 0.6 is 0 Å². The van der Waals surface area contributed by atoms with Crippen molar-refractivity contribution in [1.82, 2.24) is 19.5 Å². The molecule has 1 saturated heterocycles. The van der Waals surface area contributed by atoms with Crippen LogP contribution in [0.25, 0.3) is 5.65 Å². The number of hydrogen-bond acceptors (Lipinski definition) is 6. The van der Waals surface area contributed by atoms with Gasteiger partial charge in [0.05, 0.1) is 6.04 Å². The third-order valence-corrected chi connectivity index (χ3v) is 5.80. The van der Waals surface area contributed by atoms with Gasteiger partial charge in [-0.25, -0.2) is 0 Å². The van der Waals surface area contributed by atoms with E-state index in [4.69, 9.17) is 9.47 Å². The summed E-state index contributed by atoms with van der Waals surface area (Å²) in [6.07, 6.45) is 3.92. The van der Waals surface area contributed by atoms with Crippen molar-refractivity contribution in [1.29, 1.82) is 0 Å². The highest BCUT2D eigenvalue weighted by Crippen LogP contribution is 2.34. The van der Waals surface area contributed by atoms with E-state index in [-0.39, 0.29) is 18.7 Å². The molecule has 2 aliphatic rings. The number of anilines is 1. The Balaban J connectivity index is 1.20. The third kappa shape index (κ3) is 3.40. The van der Waals surface area contributed by atoms with Gasteiger partial charge in [-0.15, -0.1) is 10.2 Å². The van der Waals surface area contributed by atoms with Gasteiger partial charge in [-0.1, -0.05) is 6.07 Å². The highest BCUT2D eigenvalue weighted by molar-refractivity contribution is 5.94. The van der Waals surface area contributed by atoms with Crippen molar-refractivity contribution in [3.8, 4) is 11.5 Å². The summed E-state index contributed by atoms with van der Waals surface area (Å²) in [6, 6.07) is 11.2. The van der Waals surface area contributed by atoms with Gasteiger partial charge in [0.15, 0.2) is 17.1 Å². The number of amides is 1. The molecule has 1 aromatic carbocycles. The Labute approximate surface area is 168 Å². The Morgan fingerprint density at radius 2 is 1.97 bits per heavy atom. The number of aromatic nitrogens is 3. The van der Waals surface area contributed by atoms with E-state index in [9.17, 15) is 4.79 Å². The Morgan fingerprint density at radius 3 is 2.83 bits per heavy atom. The molecule has 3 aromatic rings. The summed E-state index contributed by atoms with van der Waals surface area (Å²) >= 11 is 0. The first kappa shape index (κ1) is 17.9. The first-order valence-corrected chi connectivity index (χ1v) is 9.93.